The molecule has 1 saturated carbocycles. The summed E-state index contributed by atoms with van der Waals surface area (Å²) < 4.78 is 9.83. The molecule has 0 aromatic rings. The fraction of sp³-hybridized carbons (Fsp3) is 0.667. The van der Waals surface area contributed by atoms with Gasteiger partial charge in [0, 0.05) is 5.92 Å². The Balaban J connectivity index is 2.23. The molecule has 0 saturated heterocycles. The predicted molar refractivity (Wildman–Crippen MR) is 61.5 cm³/mol. The molecule has 0 amide bonds. The molecule has 5 heteroatoms. The van der Waals surface area contributed by atoms with Crippen LogP contribution < -0.4 is 0 Å². The van der Waals surface area contributed by atoms with E-state index in [0.29, 0.717) is 6.42 Å². The van der Waals surface area contributed by atoms with Crippen molar-refractivity contribution in [3.8, 4) is 0 Å². The summed E-state index contributed by atoms with van der Waals surface area (Å²) in [6.45, 7) is 0.125. The average molecular weight is 259 g/mol. The Kier molecular flexibility index (Phi) is 3.43. The van der Waals surface area contributed by atoms with Crippen LogP contribution >= 0.6 is 11.6 Å². The zero-order valence-corrected chi connectivity index (χ0v) is 10.4. The van der Waals surface area contributed by atoms with Gasteiger partial charge in [0.1, 0.15) is 6.61 Å². The van der Waals surface area contributed by atoms with Crippen LogP contribution in [0.4, 0.5) is 0 Å². The van der Waals surface area contributed by atoms with E-state index in [-0.39, 0.29) is 24.3 Å². The van der Waals surface area contributed by atoms with E-state index in [4.69, 9.17) is 21.1 Å². The van der Waals surface area contributed by atoms with Gasteiger partial charge >= 0.3 is 11.9 Å². The smallest absolute Gasteiger partial charge is 0.324 e. The molecule has 0 N–H and O–H groups in total. The maximum atomic E-state index is 12.1. The Bertz CT molecular complexity index is 366. The fourth-order valence-corrected chi connectivity index (χ4v) is 2.93. The van der Waals surface area contributed by atoms with Gasteiger partial charge in [-0.15, -0.1) is 11.6 Å². The lowest BCUT2D eigenvalue weighted by Crippen LogP contribution is -2.45. The minimum atomic E-state index is -1.14. The molecule has 0 aliphatic heterocycles. The number of rotatable bonds is 4. The first-order chi connectivity index (χ1) is 8.15. The molecule has 2 rings (SSSR count). The summed E-state index contributed by atoms with van der Waals surface area (Å²) in [5.74, 6) is -0.575. The van der Waals surface area contributed by atoms with Crippen LogP contribution in [0.3, 0.4) is 0 Å². The second kappa shape index (κ2) is 4.69. The van der Waals surface area contributed by atoms with E-state index in [1.165, 1.54) is 7.11 Å². The van der Waals surface area contributed by atoms with Crippen LogP contribution in [0.5, 0.6) is 0 Å². The highest BCUT2D eigenvalue weighted by molar-refractivity contribution is 6.18. The van der Waals surface area contributed by atoms with E-state index in [2.05, 4.69) is 6.08 Å². The lowest BCUT2D eigenvalue weighted by atomic mass is 9.75. The molecular weight excluding hydrogens is 244 g/mol. The van der Waals surface area contributed by atoms with Crippen molar-refractivity contribution in [2.45, 2.75) is 12.8 Å². The van der Waals surface area contributed by atoms with E-state index in [9.17, 15) is 9.59 Å². The number of fused-ring (bicyclic) bond motifs is 2. The Morgan fingerprint density at radius 3 is 2.65 bits per heavy atom. The molecule has 17 heavy (non-hydrogen) atoms. The monoisotopic (exact) mass is 258 g/mol. The first-order valence-corrected chi connectivity index (χ1v) is 6.18. The standard InChI is InChI=1S/C12H15ClO4/c1-16-10(14)12(11(15)17-5-4-13)7-8-2-3-9(12)6-8/h2-3,8-9H,4-7H2,1H3. The third-order valence-electron chi connectivity index (χ3n) is 3.61. The summed E-state index contributed by atoms with van der Waals surface area (Å²) in [5, 5.41) is 0. The molecule has 0 radical (unpaired) electrons. The highest BCUT2D eigenvalue weighted by Gasteiger charge is 2.60. The maximum Gasteiger partial charge on any atom is 0.324 e. The van der Waals surface area contributed by atoms with E-state index in [1.807, 2.05) is 6.08 Å². The third kappa shape index (κ3) is 1.84. The molecule has 3 atom stereocenters. The Morgan fingerprint density at radius 2 is 2.18 bits per heavy atom. The van der Waals surface area contributed by atoms with Crippen molar-refractivity contribution < 1.29 is 19.1 Å². The van der Waals surface area contributed by atoms with Crippen LogP contribution in [-0.2, 0) is 19.1 Å². The van der Waals surface area contributed by atoms with Crippen LogP contribution in [0, 0.1) is 17.3 Å². The molecule has 94 valence electrons. The normalized spacial score (nSPS) is 33.8. The number of allylic oxidation sites excluding steroid dienone is 2. The number of carbonyl (C=O) groups excluding carboxylic acids is 2. The molecule has 0 spiro atoms. The van der Waals surface area contributed by atoms with Crippen LogP contribution in [0.1, 0.15) is 12.8 Å². The SMILES string of the molecule is COC(=O)C1(C(=O)OCCCl)CC2C=CC1C2. The highest BCUT2D eigenvalue weighted by Crippen LogP contribution is 2.53. The van der Waals surface area contributed by atoms with E-state index in [0.717, 1.165) is 6.42 Å². The summed E-state index contributed by atoms with van der Waals surface area (Å²) in [6.07, 6.45) is 5.29. The molecule has 2 bridgehead atoms. The number of halogens is 1. The minimum absolute atomic E-state index is 0.0947. The molecule has 2 aliphatic carbocycles. The average Bonchev–Trinajstić information content (AvgIpc) is 2.95. The van der Waals surface area contributed by atoms with Crippen molar-refractivity contribution in [3.05, 3.63) is 12.2 Å². The highest BCUT2D eigenvalue weighted by atomic mass is 35.5. The Morgan fingerprint density at radius 1 is 1.41 bits per heavy atom. The van der Waals surface area contributed by atoms with Crippen molar-refractivity contribution in [1.82, 2.24) is 0 Å². The minimum Gasteiger partial charge on any atom is -0.468 e. The Hall–Kier alpha value is -1.03. The molecule has 0 aromatic carbocycles. The number of hydrogen-bond donors (Lipinski definition) is 0. The van der Waals surface area contributed by atoms with Gasteiger partial charge in [-0.25, -0.2) is 0 Å². The van der Waals surface area contributed by atoms with Crippen LogP contribution in [0.15, 0.2) is 12.2 Å². The summed E-state index contributed by atoms with van der Waals surface area (Å²) in [7, 11) is 1.30. The predicted octanol–water partition coefficient (Wildman–Crippen LogP) is 1.52. The van der Waals surface area contributed by atoms with Crippen molar-refractivity contribution in [2.75, 3.05) is 19.6 Å². The molecule has 3 unspecified atom stereocenters. The largest absolute Gasteiger partial charge is 0.468 e. The second-order valence-electron chi connectivity index (χ2n) is 4.48. The summed E-state index contributed by atoms with van der Waals surface area (Å²) >= 11 is 5.48. The van der Waals surface area contributed by atoms with Gasteiger partial charge in [0.05, 0.1) is 13.0 Å². The summed E-state index contributed by atoms with van der Waals surface area (Å²) in [5.41, 5.74) is -1.14. The van der Waals surface area contributed by atoms with Gasteiger partial charge in [-0.1, -0.05) is 12.2 Å². The number of alkyl halides is 1. The number of methoxy groups -OCH3 is 1. The first kappa shape index (κ1) is 12.4. The van der Waals surface area contributed by atoms with Gasteiger partial charge in [0.2, 0.25) is 0 Å². The van der Waals surface area contributed by atoms with Gasteiger partial charge < -0.3 is 9.47 Å². The van der Waals surface area contributed by atoms with Crippen LogP contribution in [0.2, 0.25) is 0 Å². The first-order valence-electron chi connectivity index (χ1n) is 5.65. The molecule has 4 nitrogen and oxygen atoms in total. The Labute approximate surface area is 105 Å². The van der Waals surface area contributed by atoms with Gasteiger partial charge in [0.15, 0.2) is 5.41 Å². The maximum absolute atomic E-state index is 12.1. The van der Waals surface area contributed by atoms with Gasteiger partial charge in [0.25, 0.3) is 0 Å². The zero-order valence-electron chi connectivity index (χ0n) is 9.65. The molecule has 0 heterocycles. The second-order valence-corrected chi connectivity index (χ2v) is 4.86. The number of ether oxygens (including phenoxy) is 2. The van der Waals surface area contributed by atoms with Crippen LogP contribution in [-0.4, -0.2) is 31.5 Å². The van der Waals surface area contributed by atoms with Crippen molar-refractivity contribution in [1.29, 1.82) is 0 Å². The lowest BCUT2D eigenvalue weighted by molar-refractivity contribution is -0.172. The summed E-state index contributed by atoms with van der Waals surface area (Å²) in [6, 6.07) is 0. The summed E-state index contributed by atoms with van der Waals surface area (Å²) in [4.78, 5) is 24.0. The lowest BCUT2D eigenvalue weighted by Gasteiger charge is -2.29. The fourth-order valence-electron chi connectivity index (χ4n) is 2.85. The van der Waals surface area contributed by atoms with E-state index in [1.54, 1.807) is 0 Å². The number of carbonyl (C=O) groups is 2. The molecular formula is C12H15ClO4. The number of hydrogen-bond acceptors (Lipinski definition) is 4. The zero-order chi connectivity index (χ0) is 12.5. The van der Waals surface area contributed by atoms with Crippen molar-refractivity contribution in [2.24, 2.45) is 17.3 Å². The molecule has 0 aromatic heterocycles. The quantitative estimate of drug-likeness (QED) is 0.332. The van der Waals surface area contributed by atoms with Gasteiger partial charge in [-0.2, -0.15) is 0 Å². The molecule has 2 aliphatic rings. The molecule has 1 fully saturated rings. The number of esters is 2. The topological polar surface area (TPSA) is 52.6 Å². The van der Waals surface area contributed by atoms with Crippen molar-refractivity contribution >= 4 is 23.5 Å². The van der Waals surface area contributed by atoms with Gasteiger partial charge in [-0.05, 0) is 18.8 Å². The van der Waals surface area contributed by atoms with E-state index >= 15 is 0 Å². The third-order valence-corrected chi connectivity index (χ3v) is 3.77. The van der Waals surface area contributed by atoms with Crippen LogP contribution in [0.25, 0.3) is 0 Å². The van der Waals surface area contributed by atoms with Crippen molar-refractivity contribution in [3.63, 3.8) is 0 Å². The van der Waals surface area contributed by atoms with Gasteiger partial charge in [-0.3, -0.25) is 9.59 Å². The van der Waals surface area contributed by atoms with E-state index < -0.39 is 17.4 Å².